The van der Waals surface area contributed by atoms with Gasteiger partial charge in [-0.25, -0.2) is 0 Å². The molecule has 0 bridgehead atoms. The zero-order valence-electron chi connectivity index (χ0n) is 7.14. The lowest BCUT2D eigenvalue weighted by atomic mass is 9.98. The molecule has 72 valence electrons. The van der Waals surface area contributed by atoms with Crippen molar-refractivity contribution in [2.75, 3.05) is 5.65 Å². The van der Waals surface area contributed by atoms with E-state index in [4.69, 9.17) is 0 Å². The quantitative estimate of drug-likeness (QED) is 0.537. The van der Waals surface area contributed by atoms with E-state index in [1.165, 1.54) is 0 Å². The Morgan fingerprint density at radius 1 is 1.15 bits per heavy atom. The number of thioether (sulfide) groups is 1. The minimum atomic E-state index is -4.67. The molecule has 0 N–H and O–H groups in total. The van der Waals surface area contributed by atoms with Crippen LogP contribution in [0.1, 0.15) is 5.56 Å². The van der Waals surface area contributed by atoms with E-state index < -0.39 is 12.6 Å². The molecule has 0 amide bonds. The van der Waals surface area contributed by atoms with Crippen LogP contribution in [0.4, 0.5) is 12.9 Å². The second kappa shape index (κ2) is 4.09. The van der Waals surface area contributed by atoms with Crippen LogP contribution in [0.25, 0.3) is 0 Å². The van der Waals surface area contributed by atoms with Crippen LogP contribution in [0.3, 0.4) is 0 Å². The maximum atomic E-state index is 11.9. The SMILES string of the molecule is Cc1ccc(SC[B-](F)(F)F)cc1. The Morgan fingerprint density at radius 2 is 1.69 bits per heavy atom. The highest BCUT2D eigenvalue weighted by atomic mass is 32.2. The highest BCUT2D eigenvalue weighted by Gasteiger charge is 2.22. The summed E-state index contributed by atoms with van der Waals surface area (Å²) in [5, 5.41) is 0. The van der Waals surface area contributed by atoms with E-state index >= 15 is 0 Å². The van der Waals surface area contributed by atoms with Crippen LogP contribution in [0.15, 0.2) is 29.2 Å². The minimum Gasteiger partial charge on any atom is -0.448 e. The van der Waals surface area contributed by atoms with E-state index in [0.29, 0.717) is 4.90 Å². The lowest BCUT2D eigenvalue weighted by molar-refractivity contribution is 0.485. The van der Waals surface area contributed by atoms with E-state index in [1.54, 1.807) is 12.1 Å². The molecule has 0 unspecified atom stereocenters. The Morgan fingerprint density at radius 3 is 2.15 bits per heavy atom. The predicted molar refractivity (Wildman–Crippen MR) is 51.0 cm³/mol. The van der Waals surface area contributed by atoms with Gasteiger partial charge in [-0.1, -0.05) is 17.7 Å². The van der Waals surface area contributed by atoms with Crippen molar-refractivity contribution in [3.05, 3.63) is 29.8 Å². The molecule has 0 aliphatic carbocycles. The summed E-state index contributed by atoms with van der Waals surface area (Å²) in [4.78, 5) is 0.671. The van der Waals surface area contributed by atoms with Crippen molar-refractivity contribution in [2.24, 2.45) is 0 Å². The molecule has 0 aromatic heterocycles. The molecule has 1 aromatic carbocycles. The van der Waals surface area contributed by atoms with Gasteiger partial charge in [0.25, 0.3) is 0 Å². The predicted octanol–water partition coefficient (Wildman–Crippen LogP) is 3.47. The first-order valence-corrected chi connectivity index (χ1v) is 4.86. The zero-order valence-corrected chi connectivity index (χ0v) is 7.95. The van der Waals surface area contributed by atoms with Crippen molar-refractivity contribution in [2.45, 2.75) is 11.8 Å². The van der Waals surface area contributed by atoms with Crippen LogP contribution in [0.2, 0.25) is 0 Å². The second-order valence-electron chi connectivity index (χ2n) is 2.83. The third kappa shape index (κ3) is 4.27. The van der Waals surface area contributed by atoms with Crippen LogP contribution in [0, 0.1) is 6.92 Å². The fourth-order valence-corrected chi connectivity index (χ4v) is 1.54. The van der Waals surface area contributed by atoms with Gasteiger partial charge in [0.1, 0.15) is 0 Å². The highest BCUT2D eigenvalue weighted by molar-refractivity contribution is 8.00. The van der Waals surface area contributed by atoms with E-state index in [9.17, 15) is 12.9 Å². The fourth-order valence-electron chi connectivity index (χ4n) is 0.825. The molecule has 0 saturated heterocycles. The van der Waals surface area contributed by atoms with Gasteiger partial charge in [-0.05, 0) is 24.7 Å². The number of hydrogen-bond donors (Lipinski definition) is 0. The second-order valence-corrected chi connectivity index (χ2v) is 3.93. The van der Waals surface area contributed by atoms with Gasteiger partial charge in [-0.15, -0.1) is 0 Å². The van der Waals surface area contributed by atoms with Crippen LogP contribution in [0.5, 0.6) is 0 Å². The average Bonchev–Trinajstić information content (AvgIpc) is 2.02. The van der Waals surface area contributed by atoms with Gasteiger partial charge in [-0.3, -0.25) is 0 Å². The number of benzene rings is 1. The lowest BCUT2D eigenvalue weighted by Gasteiger charge is -2.12. The summed E-state index contributed by atoms with van der Waals surface area (Å²) in [6.45, 7) is -2.77. The van der Waals surface area contributed by atoms with Crippen molar-refractivity contribution in [3.8, 4) is 0 Å². The summed E-state index contributed by atoms with van der Waals surface area (Å²) in [5.41, 5.74) is 0.296. The molecule has 5 heteroatoms. The molecule has 0 fully saturated rings. The van der Waals surface area contributed by atoms with E-state index in [2.05, 4.69) is 0 Å². The van der Waals surface area contributed by atoms with Gasteiger partial charge >= 0.3 is 6.98 Å². The molecule has 0 atom stereocenters. The molecule has 0 heterocycles. The molecule has 0 saturated carbocycles. The normalized spacial score (nSPS) is 11.7. The van der Waals surface area contributed by atoms with E-state index in [1.807, 2.05) is 19.1 Å². The maximum absolute atomic E-state index is 11.9. The van der Waals surface area contributed by atoms with Crippen molar-refractivity contribution in [3.63, 3.8) is 0 Å². The molecule has 0 nitrogen and oxygen atoms in total. The summed E-state index contributed by atoms with van der Waals surface area (Å²) in [6.07, 6.45) is 0. The van der Waals surface area contributed by atoms with Gasteiger partial charge in [0, 0.05) is 4.90 Å². The molecule has 13 heavy (non-hydrogen) atoms. The van der Waals surface area contributed by atoms with Gasteiger partial charge in [-0.2, -0.15) is 11.8 Å². The molecule has 0 aliphatic rings. The van der Waals surface area contributed by atoms with Crippen LogP contribution < -0.4 is 0 Å². The van der Waals surface area contributed by atoms with E-state index in [-0.39, 0.29) is 0 Å². The summed E-state index contributed by atoms with van der Waals surface area (Å²) in [7, 11) is 0. The Hall–Kier alpha value is -0.575. The molecule has 0 aliphatic heterocycles. The first-order valence-electron chi connectivity index (χ1n) is 3.88. The van der Waals surface area contributed by atoms with Crippen molar-refractivity contribution < 1.29 is 12.9 Å². The van der Waals surface area contributed by atoms with E-state index in [0.717, 1.165) is 17.3 Å². The highest BCUT2D eigenvalue weighted by Crippen LogP contribution is 2.24. The zero-order chi connectivity index (χ0) is 9.90. The molecular weight excluding hydrogens is 196 g/mol. The van der Waals surface area contributed by atoms with Crippen molar-refractivity contribution in [1.29, 1.82) is 0 Å². The number of hydrogen-bond acceptors (Lipinski definition) is 1. The van der Waals surface area contributed by atoms with Gasteiger partial charge in [0.05, 0.1) is 0 Å². The maximum Gasteiger partial charge on any atom is 0.488 e. The monoisotopic (exact) mass is 205 g/mol. The van der Waals surface area contributed by atoms with Gasteiger partial charge < -0.3 is 12.9 Å². The molecular formula is C8H9BF3S-. The summed E-state index contributed by atoms with van der Waals surface area (Å²) in [5.74, 6) is 0. The Kier molecular flexibility index (Phi) is 3.30. The summed E-state index contributed by atoms with van der Waals surface area (Å²) >= 11 is 0.839. The van der Waals surface area contributed by atoms with Crippen LogP contribution in [-0.2, 0) is 0 Å². The largest absolute Gasteiger partial charge is 0.488 e. The smallest absolute Gasteiger partial charge is 0.448 e. The first-order chi connectivity index (χ1) is 5.97. The standard InChI is InChI=1S/C8H9BF3S/c1-7-2-4-8(5-3-7)13-6-9(10,11)12/h2-5H,6H2,1H3/q-1. The first kappa shape index (κ1) is 10.5. The number of rotatable bonds is 3. The molecule has 1 aromatic rings. The molecule has 1 rings (SSSR count). The number of halogens is 3. The third-order valence-corrected chi connectivity index (χ3v) is 2.61. The third-order valence-electron chi connectivity index (χ3n) is 1.46. The molecule has 0 spiro atoms. The molecule has 0 radical (unpaired) electrons. The number of aryl methyl sites for hydroxylation is 1. The minimum absolute atomic E-state index is 0.671. The summed E-state index contributed by atoms with van der Waals surface area (Å²) in [6, 6.07) is 7.04. The Labute approximate surface area is 79.6 Å². The summed E-state index contributed by atoms with van der Waals surface area (Å²) < 4.78 is 35.6. The van der Waals surface area contributed by atoms with Crippen molar-refractivity contribution >= 4 is 18.7 Å². The Bertz CT molecular complexity index is 268. The van der Waals surface area contributed by atoms with Gasteiger partial charge in [0.2, 0.25) is 0 Å². The van der Waals surface area contributed by atoms with Crippen LogP contribution in [-0.4, -0.2) is 12.6 Å². The Balaban J connectivity index is 2.51. The van der Waals surface area contributed by atoms with Gasteiger partial charge in [0.15, 0.2) is 0 Å². The van der Waals surface area contributed by atoms with Crippen molar-refractivity contribution in [1.82, 2.24) is 0 Å². The average molecular weight is 205 g/mol. The topological polar surface area (TPSA) is 0 Å². The lowest BCUT2D eigenvalue weighted by Crippen LogP contribution is -2.18. The fraction of sp³-hybridized carbons (Fsp3) is 0.250. The van der Waals surface area contributed by atoms with Crippen LogP contribution >= 0.6 is 11.8 Å².